The number of nitrogens with zero attached hydrogens (tertiary/aromatic N) is 3. The van der Waals surface area contributed by atoms with Gasteiger partial charge in [-0.1, -0.05) is 0 Å². The van der Waals surface area contributed by atoms with E-state index in [-0.39, 0.29) is 5.97 Å². The first-order valence-corrected chi connectivity index (χ1v) is 4.91. The smallest absolute Gasteiger partial charge is 0.336 e. The minimum absolute atomic E-state index is 0.341. The fourth-order valence-corrected chi connectivity index (χ4v) is 1.64. The third-order valence-electron chi connectivity index (χ3n) is 2.03. The van der Waals surface area contributed by atoms with E-state index in [1.54, 1.807) is 30.3 Å². The highest BCUT2D eigenvalue weighted by Gasteiger charge is 2.35. The van der Waals surface area contributed by atoms with Crippen LogP contribution in [0.4, 0.5) is 0 Å². The van der Waals surface area contributed by atoms with Crippen LogP contribution in [0.15, 0.2) is 29.2 Å². The molecule has 15 heavy (non-hydrogen) atoms. The van der Waals surface area contributed by atoms with Gasteiger partial charge in [-0.2, -0.15) is 4.53 Å². The van der Waals surface area contributed by atoms with Gasteiger partial charge in [0, 0.05) is 24.2 Å². The molecule has 0 radical (unpaired) electrons. The summed E-state index contributed by atoms with van der Waals surface area (Å²) in [5, 5.41) is 1.56. The number of rotatable bonds is 2. The van der Waals surface area contributed by atoms with Crippen molar-refractivity contribution >= 4 is 24.0 Å². The second-order valence-corrected chi connectivity index (χ2v) is 3.32. The van der Waals surface area contributed by atoms with Crippen LogP contribution in [-0.2, 0) is 9.53 Å². The highest BCUT2D eigenvalue weighted by molar-refractivity contribution is 6.14. The van der Waals surface area contributed by atoms with Crippen molar-refractivity contribution in [2.75, 3.05) is 6.61 Å². The molecule has 0 N–H and O–H groups in total. The maximum absolute atomic E-state index is 11.6. The van der Waals surface area contributed by atoms with Crippen LogP contribution in [-0.4, -0.2) is 34.4 Å². The zero-order chi connectivity index (χ0) is 10.8. The molecule has 5 nitrogen and oxygen atoms in total. The number of hydrazine groups is 1. The molecular formula is C9H10ClN3O2. The van der Waals surface area contributed by atoms with Crippen molar-refractivity contribution in [2.45, 2.75) is 13.0 Å². The maximum atomic E-state index is 11.6. The van der Waals surface area contributed by atoms with Gasteiger partial charge in [-0.05, 0) is 19.1 Å². The van der Waals surface area contributed by atoms with Crippen LogP contribution in [0.1, 0.15) is 6.92 Å². The van der Waals surface area contributed by atoms with E-state index in [9.17, 15) is 4.79 Å². The summed E-state index contributed by atoms with van der Waals surface area (Å²) >= 11 is 5.90. The highest BCUT2D eigenvalue weighted by Crippen LogP contribution is 2.25. The molecular weight excluding hydrogens is 218 g/mol. The lowest BCUT2D eigenvalue weighted by Crippen LogP contribution is -2.44. The summed E-state index contributed by atoms with van der Waals surface area (Å²) in [7, 11) is 0. The van der Waals surface area contributed by atoms with E-state index in [0.717, 1.165) is 0 Å². The molecule has 2 aliphatic rings. The van der Waals surface area contributed by atoms with Crippen LogP contribution in [0.2, 0.25) is 0 Å². The van der Waals surface area contributed by atoms with Gasteiger partial charge < -0.3 is 4.74 Å². The summed E-state index contributed by atoms with van der Waals surface area (Å²) in [6, 6.07) is -0.571. The summed E-state index contributed by atoms with van der Waals surface area (Å²) in [6.45, 7) is 2.10. The first-order chi connectivity index (χ1) is 7.24. The van der Waals surface area contributed by atoms with Crippen molar-refractivity contribution in [1.29, 1.82) is 0 Å². The van der Waals surface area contributed by atoms with Gasteiger partial charge in [-0.15, -0.1) is 0 Å². The van der Waals surface area contributed by atoms with Crippen molar-refractivity contribution in [1.82, 2.24) is 9.54 Å². The lowest BCUT2D eigenvalue weighted by Gasteiger charge is -2.31. The predicted octanol–water partition coefficient (Wildman–Crippen LogP) is 1.04. The van der Waals surface area contributed by atoms with Crippen LogP contribution >= 0.6 is 11.8 Å². The first kappa shape index (κ1) is 10.0. The fraction of sp³-hybridized carbons (Fsp3) is 0.333. The lowest BCUT2D eigenvalue weighted by atomic mass is 10.3. The van der Waals surface area contributed by atoms with Gasteiger partial charge in [0.05, 0.1) is 6.61 Å². The lowest BCUT2D eigenvalue weighted by molar-refractivity contribution is -0.147. The minimum atomic E-state index is -0.571. The number of carbonyl (C=O) groups is 1. The molecule has 1 unspecified atom stereocenters. The SMILES string of the molecule is CCOC(=O)C1C=NC2=CC=CN(Cl)N21. The largest absolute Gasteiger partial charge is 0.464 e. The number of hydrogen-bond acceptors (Lipinski definition) is 5. The van der Waals surface area contributed by atoms with Gasteiger partial charge in [-0.25, -0.2) is 14.8 Å². The van der Waals surface area contributed by atoms with Crippen molar-refractivity contribution in [3.63, 3.8) is 0 Å². The van der Waals surface area contributed by atoms with Gasteiger partial charge in [0.1, 0.15) is 5.82 Å². The zero-order valence-electron chi connectivity index (χ0n) is 8.13. The Labute approximate surface area is 92.3 Å². The second kappa shape index (κ2) is 3.94. The van der Waals surface area contributed by atoms with Crippen LogP contribution in [0, 0.1) is 0 Å². The molecule has 0 spiro atoms. The molecule has 2 rings (SSSR count). The van der Waals surface area contributed by atoms with E-state index in [0.29, 0.717) is 12.4 Å². The number of allylic oxidation sites excluding steroid dienone is 2. The molecule has 2 aliphatic heterocycles. The number of ether oxygens (including phenoxy) is 1. The molecule has 6 heteroatoms. The van der Waals surface area contributed by atoms with Crippen LogP contribution in [0.5, 0.6) is 0 Å². The van der Waals surface area contributed by atoms with E-state index in [1.807, 2.05) is 0 Å². The Balaban J connectivity index is 2.17. The molecule has 1 atom stereocenters. The standard InChI is InChI=1S/C9H10ClN3O2/c1-2-15-9(14)7-6-11-8-4-3-5-12(10)13(7)8/h3-7H,2H2,1H3. The summed E-state index contributed by atoms with van der Waals surface area (Å²) in [4.78, 5) is 15.6. The Morgan fingerprint density at radius 1 is 1.73 bits per heavy atom. The fourth-order valence-electron chi connectivity index (χ4n) is 1.41. The van der Waals surface area contributed by atoms with E-state index in [4.69, 9.17) is 16.5 Å². The number of esters is 1. The molecule has 80 valence electrons. The molecule has 0 aromatic rings. The van der Waals surface area contributed by atoms with Crippen LogP contribution in [0.25, 0.3) is 0 Å². The third-order valence-corrected chi connectivity index (χ3v) is 2.31. The van der Waals surface area contributed by atoms with E-state index in [2.05, 4.69) is 4.99 Å². The normalized spacial score (nSPS) is 22.8. The Hall–Kier alpha value is -1.49. The van der Waals surface area contributed by atoms with Crippen LogP contribution in [0.3, 0.4) is 0 Å². The Morgan fingerprint density at radius 2 is 2.53 bits per heavy atom. The molecule has 0 aromatic carbocycles. The van der Waals surface area contributed by atoms with Gasteiger partial charge in [0.25, 0.3) is 0 Å². The second-order valence-electron chi connectivity index (χ2n) is 2.97. The monoisotopic (exact) mass is 227 g/mol. The summed E-state index contributed by atoms with van der Waals surface area (Å²) < 4.78 is 6.21. The number of fused-ring (bicyclic) bond motifs is 1. The molecule has 0 amide bonds. The number of carbonyl (C=O) groups excluding carboxylic acids is 1. The maximum Gasteiger partial charge on any atom is 0.336 e. The summed E-state index contributed by atoms with van der Waals surface area (Å²) in [6.07, 6.45) is 6.68. The summed E-state index contributed by atoms with van der Waals surface area (Å²) in [5.41, 5.74) is 0. The quantitative estimate of drug-likeness (QED) is 0.523. The molecule has 0 aromatic heterocycles. The van der Waals surface area contributed by atoms with E-state index < -0.39 is 6.04 Å². The van der Waals surface area contributed by atoms with Gasteiger partial charge in [-0.3, -0.25) is 0 Å². The molecule has 0 fully saturated rings. The number of aliphatic imine (C=N–C) groups is 1. The summed E-state index contributed by atoms with van der Waals surface area (Å²) in [5.74, 6) is 0.274. The van der Waals surface area contributed by atoms with Crippen molar-refractivity contribution in [3.05, 3.63) is 24.2 Å². The van der Waals surface area contributed by atoms with E-state index in [1.165, 1.54) is 10.7 Å². The van der Waals surface area contributed by atoms with Crippen molar-refractivity contribution in [3.8, 4) is 0 Å². The molecule has 0 saturated heterocycles. The Kier molecular flexibility index (Phi) is 2.64. The first-order valence-electron chi connectivity index (χ1n) is 4.57. The molecule has 0 saturated carbocycles. The van der Waals surface area contributed by atoms with Crippen molar-refractivity contribution in [2.24, 2.45) is 4.99 Å². The Morgan fingerprint density at radius 3 is 3.27 bits per heavy atom. The minimum Gasteiger partial charge on any atom is -0.464 e. The average molecular weight is 228 g/mol. The van der Waals surface area contributed by atoms with Gasteiger partial charge in [0.15, 0.2) is 6.04 Å². The van der Waals surface area contributed by atoms with E-state index >= 15 is 0 Å². The third kappa shape index (κ3) is 1.70. The number of halogens is 1. The Bertz CT molecular complexity index is 364. The van der Waals surface area contributed by atoms with Crippen LogP contribution < -0.4 is 0 Å². The van der Waals surface area contributed by atoms with Gasteiger partial charge >= 0.3 is 5.97 Å². The topological polar surface area (TPSA) is 45.1 Å². The average Bonchev–Trinajstić information content (AvgIpc) is 2.63. The molecule has 0 aliphatic carbocycles. The number of hydrogen-bond donors (Lipinski definition) is 0. The van der Waals surface area contributed by atoms with Crippen molar-refractivity contribution < 1.29 is 9.53 Å². The highest BCUT2D eigenvalue weighted by atomic mass is 35.5. The zero-order valence-corrected chi connectivity index (χ0v) is 8.89. The molecule has 0 bridgehead atoms. The predicted molar refractivity (Wildman–Crippen MR) is 55.7 cm³/mol. The van der Waals surface area contributed by atoms with Gasteiger partial charge in [0.2, 0.25) is 0 Å². The molecule has 2 heterocycles.